The molecule has 0 spiro atoms. The van der Waals surface area contributed by atoms with E-state index >= 15 is 0 Å². The SMILES string of the molecule is CSSCCNc1ncns1. The van der Waals surface area contributed by atoms with Gasteiger partial charge in [-0.15, -0.1) is 0 Å². The van der Waals surface area contributed by atoms with Gasteiger partial charge in [0.25, 0.3) is 0 Å². The summed E-state index contributed by atoms with van der Waals surface area (Å²) in [5.41, 5.74) is 0. The minimum Gasteiger partial charge on any atom is -0.359 e. The normalized spacial score (nSPS) is 9.91. The van der Waals surface area contributed by atoms with Crippen LogP contribution in [0, 0.1) is 0 Å². The minimum absolute atomic E-state index is 0.909. The molecule has 0 bridgehead atoms. The van der Waals surface area contributed by atoms with Crippen molar-refractivity contribution in [3.63, 3.8) is 0 Å². The molecule has 1 rings (SSSR count). The predicted molar refractivity (Wildman–Crippen MR) is 54.4 cm³/mol. The van der Waals surface area contributed by atoms with Crippen molar-refractivity contribution in [3.8, 4) is 0 Å². The lowest BCUT2D eigenvalue weighted by Gasteiger charge is -1.98. The average Bonchev–Trinajstić information content (AvgIpc) is 2.50. The second kappa shape index (κ2) is 5.68. The molecule has 0 fully saturated rings. The van der Waals surface area contributed by atoms with Gasteiger partial charge in [-0.2, -0.15) is 4.37 Å². The first-order valence-electron chi connectivity index (χ1n) is 3.09. The zero-order valence-electron chi connectivity index (χ0n) is 6.11. The first kappa shape index (κ1) is 9.15. The second-order valence-electron chi connectivity index (χ2n) is 1.66. The molecule has 11 heavy (non-hydrogen) atoms. The van der Waals surface area contributed by atoms with E-state index in [1.165, 1.54) is 11.5 Å². The van der Waals surface area contributed by atoms with Gasteiger partial charge >= 0.3 is 0 Å². The second-order valence-corrected chi connectivity index (χ2v) is 5.13. The Kier molecular flexibility index (Phi) is 4.72. The Bertz CT molecular complexity index is 177. The van der Waals surface area contributed by atoms with Crippen molar-refractivity contribution >= 4 is 38.3 Å². The molecule has 1 N–H and O–H groups in total. The summed E-state index contributed by atoms with van der Waals surface area (Å²) < 4.78 is 3.88. The van der Waals surface area contributed by atoms with Gasteiger partial charge < -0.3 is 5.32 Å². The fourth-order valence-corrected chi connectivity index (χ4v) is 2.09. The monoisotopic (exact) mass is 207 g/mol. The largest absolute Gasteiger partial charge is 0.359 e. The molecule has 0 aromatic carbocycles. The standard InChI is InChI=1S/C5H9N3S3/c1-9-10-3-2-6-5-7-4-8-11-5/h4H,2-3H2,1H3,(H,6,7,8). The molecule has 3 nitrogen and oxygen atoms in total. The third-order valence-corrected chi connectivity index (χ3v) is 3.38. The third-order valence-electron chi connectivity index (χ3n) is 0.941. The summed E-state index contributed by atoms with van der Waals surface area (Å²) in [6.45, 7) is 0.959. The van der Waals surface area contributed by atoms with Gasteiger partial charge in [0.15, 0.2) is 0 Å². The topological polar surface area (TPSA) is 37.8 Å². The highest BCUT2D eigenvalue weighted by Gasteiger charge is 1.92. The Balaban J connectivity index is 2.04. The Hall–Kier alpha value is 0.0600. The van der Waals surface area contributed by atoms with Gasteiger partial charge in [-0.1, -0.05) is 21.6 Å². The smallest absolute Gasteiger partial charge is 0.202 e. The zero-order valence-corrected chi connectivity index (χ0v) is 8.56. The summed E-state index contributed by atoms with van der Waals surface area (Å²) in [4.78, 5) is 3.99. The van der Waals surface area contributed by atoms with Crippen LogP contribution in [-0.2, 0) is 0 Å². The van der Waals surface area contributed by atoms with Crippen LogP contribution >= 0.6 is 33.1 Å². The molecule has 0 aliphatic heterocycles. The van der Waals surface area contributed by atoms with Crippen molar-refractivity contribution in [2.45, 2.75) is 0 Å². The van der Waals surface area contributed by atoms with Crippen LogP contribution in [0.5, 0.6) is 0 Å². The molecule has 1 aromatic rings. The maximum atomic E-state index is 3.99. The van der Waals surface area contributed by atoms with E-state index in [0.717, 1.165) is 17.4 Å². The number of hydrogen-bond acceptors (Lipinski definition) is 6. The van der Waals surface area contributed by atoms with Crippen LogP contribution in [0.1, 0.15) is 0 Å². The van der Waals surface area contributed by atoms with Crippen LogP contribution in [0.4, 0.5) is 5.13 Å². The van der Waals surface area contributed by atoms with E-state index in [0.29, 0.717) is 0 Å². The first-order chi connectivity index (χ1) is 5.43. The van der Waals surface area contributed by atoms with Gasteiger partial charge in [0.1, 0.15) is 6.33 Å². The number of rotatable bonds is 5. The molecule has 0 aliphatic rings. The van der Waals surface area contributed by atoms with Crippen LogP contribution in [0.25, 0.3) is 0 Å². The van der Waals surface area contributed by atoms with Gasteiger partial charge in [-0.3, -0.25) is 0 Å². The molecule has 0 radical (unpaired) electrons. The summed E-state index contributed by atoms with van der Waals surface area (Å²) >= 11 is 1.39. The molecule has 0 aliphatic carbocycles. The van der Waals surface area contributed by atoms with E-state index in [4.69, 9.17) is 0 Å². The fraction of sp³-hybridized carbons (Fsp3) is 0.600. The van der Waals surface area contributed by atoms with Crippen LogP contribution in [0.2, 0.25) is 0 Å². The highest BCUT2D eigenvalue weighted by atomic mass is 33.1. The Labute approximate surface area is 77.9 Å². The summed E-state index contributed by atoms with van der Waals surface area (Å²) in [5, 5.41) is 4.08. The molecule has 0 amide bonds. The van der Waals surface area contributed by atoms with Crippen LogP contribution in [0.3, 0.4) is 0 Å². The van der Waals surface area contributed by atoms with Crippen LogP contribution in [0.15, 0.2) is 6.33 Å². The lowest BCUT2D eigenvalue weighted by atomic mass is 10.7. The zero-order chi connectivity index (χ0) is 7.94. The highest BCUT2D eigenvalue weighted by Crippen LogP contribution is 2.16. The first-order valence-corrected chi connectivity index (χ1v) is 6.59. The number of aromatic nitrogens is 2. The van der Waals surface area contributed by atoms with Crippen LogP contribution < -0.4 is 5.32 Å². The number of nitrogens with one attached hydrogen (secondary N) is 1. The summed E-state index contributed by atoms with van der Waals surface area (Å²) in [5.74, 6) is 1.10. The van der Waals surface area contributed by atoms with Gasteiger partial charge in [-0.25, -0.2) is 4.98 Å². The number of anilines is 1. The van der Waals surface area contributed by atoms with Gasteiger partial charge in [-0.05, 0) is 6.26 Å². The van der Waals surface area contributed by atoms with Crippen molar-refractivity contribution in [1.29, 1.82) is 0 Å². The van der Waals surface area contributed by atoms with Crippen molar-refractivity contribution in [2.24, 2.45) is 0 Å². The van der Waals surface area contributed by atoms with Crippen molar-refractivity contribution in [2.75, 3.05) is 23.9 Å². The summed E-state index contributed by atoms with van der Waals surface area (Å²) in [6, 6.07) is 0. The van der Waals surface area contributed by atoms with Gasteiger partial charge in [0, 0.05) is 23.8 Å². The molecule has 6 heteroatoms. The van der Waals surface area contributed by atoms with E-state index in [1.807, 2.05) is 10.8 Å². The quantitative estimate of drug-likeness (QED) is 0.590. The van der Waals surface area contributed by atoms with Gasteiger partial charge in [0.2, 0.25) is 5.13 Å². The van der Waals surface area contributed by atoms with Gasteiger partial charge in [0.05, 0.1) is 0 Å². The minimum atomic E-state index is 0.909. The molecule has 1 heterocycles. The third kappa shape index (κ3) is 3.83. The molecule has 0 saturated carbocycles. The van der Waals surface area contributed by atoms with E-state index in [9.17, 15) is 0 Å². The van der Waals surface area contributed by atoms with Crippen LogP contribution in [-0.4, -0.2) is 27.9 Å². The van der Waals surface area contributed by atoms with Crippen molar-refractivity contribution in [3.05, 3.63) is 6.33 Å². The molecule has 0 atom stereocenters. The number of hydrogen-bond donors (Lipinski definition) is 1. The Morgan fingerprint density at radius 2 is 2.64 bits per heavy atom. The van der Waals surface area contributed by atoms with E-state index in [1.54, 1.807) is 17.1 Å². The molecule has 1 aromatic heterocycles. The van der Waals surface area contributed by atoms with E-state index in [-0.39, 0.29) is 0 Å². The fourth-order valence-electron chi connectivity index (χ4n) is 0.534. The summed E-state index contributed by atoms with van der Waals surface area (Å²) in [7, 11) is 3.62. The molecular formula is C5H9N3S3. The average molecular weight is 207 g/mol. The van der Waals surface area contributed by atoms with E-state index in [2.05, 4.69) is 20.9 Å². The Morgan fingerprint density at radius 1 is 1.73 bits per heavy atom. The maximum Gasteiger partial charge on any atom is 0.202 e. The number of nitrogens with zero attached hydrogens (tertiary/aromatic N) is 2. The van der Waals surface area contributed by atoms with Crippen molar-refractivity contribution in [1.82, 2.24) is 9.36 Å². The molecule has 62 valence electrons. The van der Waals surface area contributed by atoms with E-state index < -0.39 is 0 Å². The summed E-state index contributed by atoms with van der Waals surface area (Å²) in [6.07, 6.45) is 3.64. The highest BCUT2D eigenvalue weighted by molar-refractivity contribution is 8.76. The Morgan fingerprint density at radius 3 is 3.27 bits per heavy atom. The molecular weight excluding hydrogens is 198 g/mol. The maximum absolute atomic E-state index is 3.99. The lowest BCUT2D eigenvalue weighted by Crippen LogP contribution is -2.02. The predicted octanol–water partition coefficient (Wildman–Crippen LogP) is 1.96. The lowest BCUT2D eigenvalue weighted by molar-refractivity contribution is 1.20. The van der Waals surface area contributed by atoms with Crippen molar-refractivity contribution < 1.29 is 0 Å². The molecule has 0 unspecified atom stereocenters. The molecule has 0 saturated heterocycles.